The molecule has 0 fully saturated rings. The van der Waals surface area contributed by atoms with Gasteiger partial charge in [-0.1, -0.05) is 15.9 Å². The molecule has 0 radical (unpaired) electrons. The Hall–Kier alpha value is -1.70. The highest BCUT2D eigenvalue weighted by atomic mass is 79.9. The van der Waals surface area contributed by atoms with E-state index < -0.39 is 24.8 Å². The van der Waals surface area contributed by atoms with Crippen LogP contribution in [0.15, 0.2) is 40.4 Å². The van der Waals surface area contributed by atoms with Crippen LogP contribution in [0.2, 0.25) is 0 Å². The molecule has 1 aliphatic heterocycles. The molecule has 6 nitrogen and oxygen atoms in total. The lowest BCUT2D eigenvalue weighted by atomic mass is 10.2. The molecule has 0 saturated carbocycles. The van der Waals surface area contributed by atoms with Crippen LogP contribution in [0.25, 0.3) is 10.9 Å². The third-order valence-corrected chi connectivity index (χ3v) is 3.57. The first-order chi connectivity index (χ1) is 9.60. The second kappa shape index (κ2) is 5.01. The Morgan fingerprint density at radius 2 is 2.20 bits per heavy atom. The van der Waals surface area contributed by atoms with E-state index in [9.17, 15) is 10.2 Å². The van der Waals surface area contributed by atoms with Crippen LogP contribution < -0.4 is 4.74 Å². The number of ether oxygens (including phenoxy) is 2. The van der Waals surface area contributed by atoms with E-state index >= 15 is 0 Å². The highest BCUT2D eigenvalue weighted by molar-refractivity contribution is 9.10. The fourth-order valence-electron chi connectivity index (χ4n) is 2.06. The van der Waals surface area contributed by atoms with Crippen LogP contribution in [0.4, 0.5) is 0 Å². The fourth-order valence-corrected chi connectivity index (χ4v) is 2.42. The third kappa shape index (κ3) is 2.13. The van der Waals surface area contributed by atoms with Crippen molar-refractivity contribution in [1.82, 2.24) is 4.98 Å². The van der Waals surface area contributed by atoms with E-state index in [0.29, 0.717) is 5.75 Å². The Morgan fingerprint density at radius 1 is 1.40 bits per heavy atom. The van der Waals surface area contributed by atoms with Gasteiger partial charge >= 0.3 is 0 Å². The zero-order chi connectivity index (χ0) is 14.3. The molecule has 1 aliphatic rings. The molecule has 106 valence electrons. The van der Waals surface area contributed by atoms with Crippen molar-refractivity contribution in [2.24, 2.45) is 0 Å². The molecule has 0 saturated heterocycles. The summed E-state index contributed by atoms with van der Waals surface area (Å²) in [5, 5.41) is 29.2. The normalized spacial score (nSPS) is 22.4. The largest absolute Gasteiger partial charge is 0.506 e. The van der Waals surface area contributed by atoms with E-state index in [4.69, 9.17) is 14.6 Å². The lowest BCUT2D eigenvalue weighted by Crippen LogP contribution is -2.29. The molecule has 1 unspecified atom stereocenters. The summed E-state index contributed by atoms with van der Waals surface area (Å²) in [5.41, 5.74) is 0.871. The monoisotopic (exact) mass is 341 g/mol. The summed E-state index contributed by atoms with van der Waals surface area (Å²) >= 11 is 3.37. The fraction of sp³-hybridized carbons (Fsp3) is 0.231. The molecule has 2 aromatic rings. The van der Waals surface area contributed by atoms with Crippen molar-refractivity contribution in [1.29, 1.82) is 0 Å². The van der Waals surface area contributed by atoms with E-state index in [1.807, 2.05) is 18.2 Å². The number of hydrogen-bond acceptors (Lipinski definition) is 5. The number of aromatic nitrogens is 1. The lowest BCUT2D eigenvalue weighted by molar-refractivity contribution is -0.0899. The third-order valence-electron chi connectivity index (χ3n) is 3.07. The van der Waals surface area contributed by atoms with Crippen molar-refractivity contribution in [3.63, 3.8) is 0 Å². The average molecular weight is 342 g/mol. The highest BCUT2D eigenvalue weighted by Crippen LogP contribution is 2.32. The zero-order valence-corrected chi connectivity index (χ0v) is 11.8. The second-order valence-corrected chi connectivity index (χ2v) is 5.27. The van der Waals surface area contributed by atoms with Gasteiger partial charge < -0.3 is 29.8 Å². The van der Waals surface area contributed by atoms with Gasteiger partial charge in [-0.05, 0) is 18.2 Å². The van der Waals surface area contributed by atoms with Crippen LogP contribution in [0, 0.1) is 0 Å². The number of halogens is 1. The maximum Gasteiger partial charge on any atom is 0.274 e. The summed E-state index contributed by atoms with van der Waals surface area (Å²) in [6.45, 7) is -0.498. The summed E-state index contributed by atoms with van der Waals surface area (Å²) in [4.78, 5) is 3.03. The summed E-state index contributed by atoms with van der Waals surface area (Å²) in [5.74, 6) is -0.000571. The highest BCUT2D eigenvalue weighted by Gasteiger charge is 2.37. The molecule has 0 spiro atoms. The number of hydrogen-bond donors (Lipinski definition) is 4. The SMILES string of the molecule is OCC1=C(O)C(O)[C@H](Oc2c[nH]c3ccc(Br)cc23)O1. The molecule has 20 heavy (non-hydrogen) atoms. The number of aliphatic hydroxyl groups excluding tert-OH is 3. The van der Waals surface area contributed by atoms with E-state index in [-0.39, 0.29) is 5.76 Å². The molecule has 0 amide bonds. The zero-order valence-electron chi connectivity index (χ0n) is 10.2. The van der Waals surface area contributed by atoms with Gasteiger partial charge in [-0.2, -0.15) is 0 Å². The summed E-state index contributed by atoms with van der Waals surface area (Å²) in [7, 11) is 0. The van der Waals surface area contributed by atoms with Gasteiger partial charge in [0.2, 0.25) is 0 Å². The number of aromatic amines is 1. The molecule has 2 atom stereocenters. The number of aliphatic hydroxyl groups is 3. The Morgan fingerprint density at radius 3 is 2.90 bits per heavy atom. The smallest absolute Gasteiger partial charge is 0.274 e. The van der Waals surface area contributed by atoms with Crippen molar-refractivity contribution in [3.8, 4) is 5.75 Å². The maximum atomic E-state index is 9.80. The number of rotatable bonds is 3. The van der Waals surface area contributed by atoms with Gasteiger partial charge in [-0.15, -0.1) is 0 Å². The predicted molar refractivity (Wildman–Crippen MR) is 74.2 cm³/mol. The van der Waals surface area contributed by atoms with Crippen molar-refractivity contribution >= 4 is 26.8 Å². The van der Waals surface area contributed by atoms with Gasteiger partial charge in [0.15, 0.2) is 17.6 Å². The number of fused-ring (bicyclic) bond motifs is 1. The van der Waals surface area contributed by atoms with Gasteiger partial charge in [-0.25, -0.2) is 0 Å². The summed E-state index contributed by atoms with van der Waals surface area (Å²) < 4.78 is 11.6. The van der Waals surface area contributed by atoms with E-state index in [1.54, 1.807) is 6.20 Å². The standard InChI is InChI=1S/C13H12BrNO5/c14-6-1-2-8-7(3-6)9(4-15-8)19-13-12(18)11(17)10(5-16)20-13/h1-4,12-13,15-18H,5H2/t12?,13-/m1/s1. The Bertz CT molecular complexity index is 680. The van der Waals surface area contributed by atoms with Gasteiger partial charge in [0.25, 0.3) is 6.29 Å². The topological polar surface area (TPSA) is 94.9 Å². The molecular weight excluding hydrogens is 330 g/mol. The molecule has 4 N–H and O–H groups in total. The summed E-state index contributed by atoms with van der Waals surface area (Å²) in [6, 6.07) is 5.64. The predicted octanol–water partition coefficient (Wildman–Crippen LogP) is 1.79. The minimum Gasteiger partial charge on any atom is -0.506 e. The maximum absolute atomic E-state index is 9.80. The first kappa shape index (κ1) is 13.3. The van der Waals surface area contributed by atoms with Crippen molar-refractivity contribution in [2.75, 3.05) is 6.61 Å². The Labute approximate surface area is 122 Å². The van der Waals surface area contributed by atoms with E-state index in [1.165, 1.54) is 0 Å². The van der Waals surface area contributed by atoms with Crippen molar-refractivity contribution in [3.05, 3.63) is 40.4 Å². The minimum absolute atomic E-state index is 0.0801. The van der Waals surface area contributed by atoms with Crippen LogP contribution in [-0.4, -0.2) is 39.3 Å². The number of nitrogens with one attached hydrogen (secondary N) is 1. The van der Waals surface area contributed by atoms with Crippen LogP contribution >= 0.6 is 15.9 Å². The van der Waals surface area contributed by atoms with E-state index in [2.05, 4.69) is 20.9 Å². The van der Waals surface area contributed by atoms with Gasteiger partial charge in [0, 0.05) is 21.6 Å². The van der Waals surface area contributed by atoms with Crippen LogP contribution in [-0.2, 0) is 4.74 Å². The molecule has 1 aromatic carbocycles. The first-order valence-electron chi connectivity index (χ1n) is 5.91. The second-order valence-electron chi connectivity index (χ2n) is 4.36. The molecular formula is C13H12BrNO5. The molecule has 2 heterocycles. The number of benzene rings is 1. The molecule has 0 bridgehead atoms. The quantitative estimate of drug-likeness (QED) is 0.682. The molecule has 0 aliphatic carbocycles. The lowest BCUT2D eigenvalue weighted by Gasteiger charge is -2.16. The van der Waals surface area contributed by atoms with Gasteiger partial charge in [0.1, 0.15) is 12.4 Å². The Balaban J connectivity index is 1.86. The van der Waals surface area contributed by atoms with Gasteiger partial charge in [-0.3, -0.25) is 0 Å². The van der Waals surface area contributed by atoms with Crippen LogP contribution in [0.3, 0.4) is 0 Å². The first-order valence-corrected chi connectivity index (χ1v) is 6.70. The molecule has 1 aromatic heterocycles. The average Bonchev–Trinajstić information content (AvgIpc) is 2.95. The number of H-pyrrole nitrogens is 1. The summed E-state index contributed by atoms with van der Waals surface area (Å²) in [6.07, 6.45) is -0.773. The van der Waals surface area contributed by atoms with Crippen molar-refractivity contribution in [2.45, 2.75) is 12.4 Å². The van der Waals surface area contributed by atoms with Crippen molar-refractivity contribution < 1.29 is 24.8 Å². The molecule has 7 heteroatoms. The minimum atomic E-state index is -1.32. The molecule has 3 rings (SSSR count). The van der Waals surface area contributed by atoms with Crippen LogP contribution in [0.1, 0.15) is 0 Å². The Kier molecular flexibility index (Phi) is 3.33. The van der Waals surface area contributed by atoms with Crippen LogP contribution in [0.5, 0.6) is 5.75 Å². The van der Waals surface area contributed by atoms with Gasteiger partial charge in [0.05, 0.1) is 0 Å². The van der Waals surface area contributed by atoms with E-state index in [0.717, 1.165) is 15.4 Å².